The number of benzene rings is 1. The Bertz CT molecular complexity index is 338. The molecule has 0 saturated carbocycles. The molecule has 0 aliphatic heterocycles. The molecule has 3 heteroatoms. The van der Waals surface area contributed by atoms with Crippen LogP contribution in [-0.2, 0) is 16.1 Å². The number of Topliss-reactive ketones (excluding diaryl/α,β-unsaturated/α-hetero) is 1. The highest BCUT2D eigenvalue weighted by atomic mass is 16.5. The van der Waals surface area contributed by atoms with Crippen molar-refractivity contribution in [3.63, 3.8) is 0 Å². The molecule has 100 valence electrons. The van der Waals surface area contributed by atoms with Gasteiger partial charge in [0.05, 0.1) is 6.61 Å². The summed E-state index contributed by atoms with van der Waals surface area (Å²) >= 11 is 0. The number of rotatable bonds is 9. The van der Waals surface area contributed by atoms with Gasteiger partial charge in [0.1, 0.15) is 5.78 Å². The molecule has 0 aromatic heterocycles. The van der Waals surface area contributed by atoms with Gasteiger partial charge < -0.3 is 10.1 Å². The highest BCUT2D eigenvalue weighted by Crippen LogP contribution is 2.07. The number of carbonyl (C=O) groups is 1. The second-order valence-corrected chi connectivity index (χ2v) is 4.70. The quantitative estimate of drug-likeness (QED) is 0.730. The lowest BCUT2D eigenvalue weighted by Crippen LogP contribution is -2.16. The SMILES string of the molecule is CNCCC(=O)CC(C)COCc1ccccc1. The maximum Gasteiger partial charge on any atom is 0.134 e. The summed E-state index contributed by atoms with van der Waals surface area (Å²) in [6.45, 7) is 4.08. The molecule has 1 atom stereocenters. The Morgan fingerprint density at radius 3 is 2.72 bits per heavy atom. The van der Waals surface area contributed by atoms with Gasteiger partial charge in [-0.25, -0.2) is 0 Å². The number of hydrogen-bond donors (Lipinski definition) is 1. The van der Waals surface area contributed by atoms with Gasteiger partial charge in [-0.3, -0.25) is 4.79 Å². The average molecular weight is 249 g/mol. The van der Waals surface area contributed by atoms with E-state index in [0.717, 1.165) is 6.54 Å². The van der Waals surface area contributed by atoms with Gasteiger partial charge in [-0.15, -0.1) is 0 Å². The molecule has 0 aliphatic rings. The fourth-order valence-corrected chi connectivity index (χ4v) is 1.77. The van der Waals surface area contributed by atoms with Crippen LogP contribution in [0.1, 0.15) is 25.3 Å². The zero-order valence-corrected chi connectivity index (χ0v) is 11.3. The number of hydrogen-bond acceptors (Lipinski definition) is 3. The molecule has 1 aromatic carbocycles. The van der Waals surface area contributed by atoms with E-state index in [0.29, 0.717) is 31.8 Å². The Morgan fingerprint density at radius 2 is 2.06 bits per heavy atom. The third-order valence-electron chi connectivity index (χ3n) is 2.74. The van der Waals surface area contributed by atoms with E-state index in [4.69, 9.17) is 4.74 Å². The molecule has 1 aromatic rings. The zero-order valence-electron chi connectivity index (χ0n) is 11.3. The Balaban J connectivity index is 2.13. The first kappa shape index (κ1) is 14.9. The third kappa shape index (κ3) is 6.52. The molecule has 0 spiro atoms. The van der Waals surface area contributed by atoms with Crippen molar-refractivity contribution in [1.82, 2.24) is 5.32 Å². The number of ketones is 1. The number of ether oxygens (including phenoxy) is 1. The molecule has 1 rings (SSSR count). The Kier molecular flexibility index (Phi) is 7.30. The first-order valence-electron chi connectivity index (χ1n) is 6.50. The van der Waals surface area contributed by atoms with Crippen molar-refractivity contribution in [3.05, 3.63) is 35.9 Å². The lowest BCUT2D eigenvalue weighted by Gasteiger charge is -2.11. The van der Waals surface area contributed by atoms with Gasteiger partial charge in [0.2, 0.25) is 0 Å². The minimum Gasteiger partial charge on any atom is -0.376 e. The van der Waals surface area contributed by atoms with Crippen molar-refractivity contribution in [2.45, 2.75) is 26.4 Å². The summed E-state index contributed by atoms with van der Waals surface area (Å²) < 4.78 is 5.62. The van der Waals surface area contributed by atoms with Gasteiger partial charge in [0.15, 0.2) is 0 Å². The molecule has 0 bridgehead atoms. The van der Waals surface area contributed by atoms with E-state index in [2.05, 4.69) is 12.2 Å². The molecule has 3 nitrogen and oxygen atoms in total. The number of carbonyl (C=O) groups excluding carboxylic acids is 1. The molecule has 0 saturated heterocycles. The van der Waals surface area contributed by atoms with Crippen molar-refractivity contribution in [1.29, 1.82) is 0 Å². The predicted molar refractivity (Wildman–Crippen MR) is 73.4 cm³/mol. The second-order valence-electron chi connectivity index (χ2n) is 4.70. The van der Waals surface area contributed by atoms with Crippen molar-refractivity contribution < 1.29 is 9.53 Å². The molecular weight excluding hydrogens is 226 g/mol. The highest BCUT2D eigenvalue weighted by molar-refractivity contribution is 5.78. The fraction of sp³-hybridized carbons (Fsp3) is 0.533. The van der Waals surface area contributed by atoms with Crippen LogP contribution in [0, 0.1) is 5.92 Å². The van der Waals surface area contributed by atoms with E-state index in [-0.39, 0.29) is 5.92 Å². The maximum absolute atomic E-state index is 11.5. The van der Waals surface area contributed by atoms with Crippen LogP contribution in [0.25, 0.3) is 0 Å². The van der Waals surface area contributed by atoms with Gasteiger partial charge >= 0.3 is 0 Å². The van der Waals surface area contributed by atoms with Gasteiger partial charge in [0.25, 0.3) is 0 Å². The van der Waals surface area contributed by atoms with Crippen LogP contribution in [0.5, 0.6) is 0 Å². The summed E-state index contributed by atoms with van der Waals surface area (Å²) in [4.78, 5) is 11.5. The fourth-order valence-electron chi connectivity index (χ4n) is 1.77. The Hall–Kier alpha value is -1.19. The summed E-state index contributed by atoms with van der Waals surface area (Å²) in [6.07, 6.45) is 1.22. The van der Waals surface area contributed by atoms with E-state index < -0.39 is 0 Å². The van der Waals surface area contributed by atoms with Crippen LogP contribution in [0.15, 0.2) is 30.3 Å². The monoisotopic (exact) mass is 249 g/mol. The molecule has 0 fully saturated rings. The minimum atomic E-state index is 0.290. The van der Waals surface area contributed by atoms with E-state index in [1.165, 1.54) is 5.56 Å². The standard InChI is InChI=1S/C15H23NO2/c1-13(10-15(17)8-9-16-2)11-18-12-14-6-4-3-5-7-14/h3-7,13,16H,8-12H2,1-2H3. The Morgan fingerprint density at radius 1 is 1.33 bits per heavy atom. The normalized spacial score (nSPS) is 12.3. The van der Waals surface area contributed by atoms with Crippen LogP contribution in [-0.4, -0.2) is 26.0 Å². The second kappa shape index (κ2) is 8.84. The van der Waals surface area contributed by atoms with Crippen LogP contribution < -0.4 is 5.32 Å². The highest BCUT2D eigenvalue weighted by Gasteiger charge is 2.08. The third-order valence-corrected chi connectivity index (χ3v) is 2.74. The lowest BCUT2D eigenvalue weighted by atomic mass is 10.0. The summed E-state index contributed by atoms with van der Waals surface area (Å²) in [5, 5.41) is 2.98. The molecule has 0 amide bonds. The molecular formula is C15H23NO2. The van der Waals surface area contributed by atoms with Crippen molar-refractivity contribution in [2.75, 3.05) is 20.2 Å². The molecule has 0 heterocycles. The summed E-state index contributed by atoms with van der Waals surface area (Å²) in [5.74, 6) is 0.596. The average Bonchev–Trinajstić information content (AvgIpc) is 2.37. The van der Waals surface area contributed by atoms with Gasteiger partial charge in [-0.05, 0) is 18.5 Å². The van der Waals surface area contributed by atoms with Crippen LogP contribution in [0.4, 0.5) is 0 Å². The molecule has 1 unspecified atom stereocenters. The predicted octanol–water partition coefficient (Wildman–Crippen LogP) is 2.41. The maximum atomic E-state index is 11.5. The van der Waals surface area contributed by atoms with Crippen molar-refractivity contribution >= 4 is 5.78 Å². The van der Waals surface area contributed by atoms with E-state index in [1.54, 1.807) is 0 Å². The Labute approximate surface area is 110 Å². The molecule has 1 N–H and O–H groups in total. The van der Waals surface area contributed by atoms with Crippen LogP contribution >= 0.6 is 0 Å². The van der Waals surface area contributed by atoms with Crippen molar-refractivity contribution in [3.8, 4) is 0 Å². The first-order chi connectivity index (χ1) is 8.72. The lowest BCUT2D eigenvalue weighted by molar-refractivity contribution is -0.120. The van der Waals surface area contributed by atoms with Gasteiger partial charge in [0, 0.05) is 26.0 Å². The summed E-state index contributed by atoms with van der Waals surface area (Å²) in [5.41, 5.74) is 1.17. The van der Waals surface area contributed by atoms with E-state index in [9.17, 15) is 4.79 Å². The first-order valence-corrected chi connectivity index (χ1v) is 6.50. The summed E-state index contributed by atoms with van der Waals surface area (Å²) in [6, 6.07) is 10.1. The van der Waals surface area contributed by atoms with Crippen LogP contribution in [0.3, 0.4) is 0 Å². The van der Waals surface area contributed by atoms with Crippen molar-refractivity contribution in [2.24, 2.45) is 5.92 Å². The smallest absolute Gasteiger partial charge is 0.134 e. The topological polar surface area (TPSA) is 38.3 Å². The summed E-state index contributed by atoms with van der Waals surface area (Å²) in [7, 11) is 1.86. The van der Waals surface area contributed by atoms with E-state index >= 15 is 0 Å². The van der Waals surface area contributed by atoms with Crippen LogP contribution in [0.2, 0.25) is 0 Å². The molecule has 0 radical (unpaired) electrons. The zero-order chi connectivity index (χ0) is 13.2. The largest absolute Gasteiger partial charge is 0.376 e. The minimum absolute atomic E-state index is 0.290. The van der Waals surface area contributed by atoms with E-state index in [1.807, 2.05) is 37.4 Å². The molecule has 0 aliphatic carbocycles. The van der Waals surface area contributed by atoms with Gasteiger partial charge in [-0.2, -0.15) is 0 Å². The molecule has 18 heavy (non-hydrogen) atoms. The number of nitrogens with one attached hydrogen (secondary N) is 1. The van der Waals surface area contributed by atoms with Gasteiger partial charge in [-0.1, -0.05) is 37.3 Å².